The molecule has 1 aliphatic heterocycles. The van der Waals surface area contributed by atoms with Gasteiger partial charge in [-0.05, 0) is 28.4 Å². The number of fused-ring (bicyclic) bond motifs is 1. The molecule has 0 bridgehead atoms. The Hall–Kier alpha value is -1.88. The number of nitrogens with zero attached hydrogens (tertiary/aromatic N) is 1. The van der Waals surface area contributed by atoms with Crippen molar-refractivity contribution in [2.75, 3.05) is 13.7 Å². The zero-order valence-corrected chi connectivity index (χ0v) is 12.9. The van der Waals surface area contributed by atoms with Crippen LogP contribution in [0.2, 0.25) is 0 Å². The maximum Gasteiger partial charge on any atom is 0.341 e. The summed E-state index contributed by atoms with van der Waals surface area (Å²) in [6.07, 6.45) is 3.32. The van der Waals surface area contributed by atoms with Crippen molar-refractivity contribution in [3.05, 3.63) is 47.2 Å². The van der Waals surface area contributed by atoms with Gasteiger partial charge in [0, 0.05) is 29.5 Å². The molecule has 104 valence electrons. The van der Waals surface area contributed by atoms with E-state index >= 15 is 0 Å². The molecule has 0 spiro atoms. The van der Waals surface area contributed by atoms with E-state index in [2.05, 4.69) is 26.2 Å². The molecule has 4 nitrogen and oxygen atoms in total. The second-order valence-corrected chi connectivity index (χ2v) is 4.93. The minimum atomic E-state index is -0.387. The minimum Gasteiger partial charge on any atom is -0.462 e. The Balaban J connectivity index is 2.59. The molecule has 0 saturated heterocycles. The number of rotatable bonds is 3. The summed E-state index contributed by atoms with van der Waals surface area (Å²) >= 11 is 3.50. The summed E-state index contributed by atoms with van der Waals surface area (Å²) in [6, 6.07) is 7.82. The number of aliphatic imine (C=N–C) groups is 1. The van der Waals surface area contributed by atoms with E-state index in [1.54, 1.807) is 20.2 Å². The van der Waals surface area contributed by atoms with Crippen LogP contribution in [0.4, 0.5) is 0 Å². The van der Waals surface area contributed by atoms with Gasteiger partial charge < -0.3 is 10.1 Å². The van der Waals surface area contributed by atoms with E-state index in [0.29, 0.717) is 17.9 Å². The quantitative estimate of drug-likeness (QED) is 0.525. The van der Waals surface area contributed by atoms with E-state index in [9.17, 15) is 4.79 Å². The largest absolute Gasteiger partial charge is 0.462 e. The normalized spacial score (nSPS) is 16.2. The third kappa shape index (κ3) is 2.82. The average Bonchev–Trinajstić information content (AvgIpc) is 2.46. The zero-order chi connectivity index (χ0) is 14.5. The predicted octanol–water partition coefficient (Wildman–Crippen LogP) is 2.96. The van der Waals surface area contributed by atoms with E-state index < -0.39 is 0 Å². The van der Waals surface area contributed by atoms with Crippen molar-refractivity contribution in [1.82, 2.24) is 5.32 Å². The lowest BCUT2D eigenvalue weighted by atomic mass is 9.98. The summed E-state index contributed by atoms with van der Waals surface area (Å²) in [5.74, 6) is -0.387. The Morgan fingerprint density at radius 2 is 2.10 bits per heavy atom. The van der Waals surface area contributed by atoms with Gasteiger partial charge >= 0.3 is 5.97 Å². The number of esters is 1. The van der Waals surface area contributed by atoms with Crippen LogP contribution >= 0.6 is 15.9 Å². The van der Waals surface area contributed by atoms with Gasteiger partial charge in [-0.3, -0.25) is 4.99 Å². The Morgan fingerprint density at radius 3 is 2.75 bits per heavy atom. The van der Waals surface area contributed by atoms with Gasteiger partial charge in [0.15, 0.2) is 0 Å². The van der Waals surface area contributed by atoms with Gasteiger partial charge in [-0.25, -0.2) is 4.79 Å². The van der Waals surface area contributed by atoms with Crippen molar-refractivity contribution >= 4 is 38.3 Å². The van der Waals surface area contributed by atoms with Crippen LogP contribution in [0, 0.1) is 0 Å². The molecule has 0 fully saturated rings. The maximum atomic E-state index is 12.1. The second kappa shape index (κ2) is 6.52. The number of hydrogen-bond donors (Lipinski definition) is 1. The van der Waals surface area contributed by atoms with Crippen LogP contribution in [0.5, 0.6) is 0 Å². The summed E-state index contributed by atoms with van der Waals surface area (Å²) < 4.78 is 6.03. The van der Waals surface area contributed by atoms with Gasteiger partial charge in [-0.2, -0.15) is 0 Å². The first-order valence-corrected chi connectivity index (χ1v) is 7.03. The summed E-state index contributed by atoms with van der Waals surface area (Å²) in [4.78, 5) is 16.0. The number of carbonyl (C=O) groups is 1. The first-order valence-electron chi connectivity index (χ1n) is 6.24. The highest BCUT2D eigenvalue weighted by atomic mass is 79.9. The van der Waals surface area contributed by atoms with Gasteiger partial charge in [-0.15, -0.1) is 0 Å². The van der Waals surface area contributed by atoms with E-state index in [1.807, 2.05) is 24.3 Å². The average molecular weight is 335 g/mol. The zero-order valence-electron chi connectivity index (χ0n) is 11.3. The minimum absolute atomic E-state index is 0.328. The van der Waals surface area contributed by atoms with Crippen molar-refractivity contribution < 1.29 is 9.53 Å². The van der Waals surface area contributed by atoms with Crippen LogP contribution in [0.15, 0.2) is 41.0 Å². The fraction of sp³-hybridized carbons (Fsp3) is 0.200. The van der Waals surface area contributed by atoms with Gasteiger partial charge in [0.25, 0.3) is 0 Å². The van der Waals surface area contributed by atoms with Crippen LogP contribution in [0.3, 0.4) is 0 Å². The Kier molecular flexibility index (Phi) is 4.74. The summed E-state index contributed by atoms with van der Waals surface area (Å²) in [5.41, 5.74) is 3.07. The molecular weight excluding hydrogens is 320 g/mol. The SMILES string of the molecule is CCOC(=O)C(/C=N\C)=C1\NC=C(Br)c2ccccc21. The van der Waals surface area contributed by atoms with Crippen LogP contribution in [-0.4, -0.2) is 25.8 Å². The number of benzene rings is 1. The number of nitrogens with one attached hydrogen (secondary N) is 1. The van der Waals surface area contributed by atoms with Gasteiger partial charge in [-0.1, -0.05) is 24.3 Å². The topological polar surface area (TPSA) is 50.7 Å². The van der Waals surface area contributed by atoms with Gasteiger partial charge in [0.2, 0.25) is 0 Å². The molecule has 0 aromatic heterocycles. The highest BCUT2D eigenvalue weighted by molar-refractivity contribution is 9.15. The lowest BCUT2D eigenvalue weighted by molar-refractivity contribution is -0.137. The van der Waals surface area contributed by atoms with E-state index in [0.717, 1.165) is 15.6 Å². The number of hydrogen-bond acceptors (Lipinski definition) is 4. The molecule has 20 heavy (non-hydrogen) atoms. The van der Waals surface area contributed by atoms with Crippen molar-refractivity contribution in [1.29, 1.82) is 0 Å². The summed E-state index contributed by atoms with van der Waals surface area (Å²) in [6.45, 7) is 2.11. The smallest absolute Gasteiger partial charge is 0.341 e. The Labute approximate surface area is 126 Å². The predicted molar refractivity (Wildman–Crippen MR) is 84.5 cm³/mol. The van der Waals surface area contributed by atoms with E-state index in [4.69, 9.17) is 4.74 Å². The fourth-order valence-electron chi connectivity index (χ4n) is 1.98. The third-order valence-corrected chi connectivity index (χ3v) is 3.48. The molecule has 1 aromatic carbocycles. The van der Waals surface area contributed by atoms with Crippen molar-refractivity contribution in [2.45, 2.75) is 6.92 Å². The molecule has 1 N–H and O–H groups in total. The molecule has 0 unspecified atom stereocenters. The third-order valence-electron chi connectivity index (χ3n) is 2.82. The van der Waals surface area contributed by atoms with E-state index in [1.165, 1.54) is 6.21 Å². The number of carbonyl (C=O) groups excluding carboxylic acids is 1. The van der Waals surface area contributed by atoms with Gasteiger partial charge in [0.05, 0.1) is 12.3 Å². The van der Waals surface area contributed by atoms with Crippen molar-refractivity contribution in [2.24, 2.45) is 4.99 Å². The fourth-order valence-corrected chi connectivity index (χ4v) is 2.44. The molecule has 0 amide bonds. The number of ether oxygens (including phenoxy) is 1. The maximum absolute atomic E-state index is 12.1. The van der Waals surface area contributed by atoms with Crippen molar-refractivity contribution in [3.8, 4) is 0 Å². The summed E-state index contributed by atoms with van der Waals surface area (Å²) in [7, 11) is 1.63. The molecule has 1 heterocycles. The molecular formula is C15H15BrN2O2. The Bertz CT molecular complexity index is 618. The van der Waals surface area contributed by atoms with Crippen LogP contribution in [0.1, 0.15) is 18.1 Å². The van der Waals surface area contributed by atoms with Crippen molar-refractivity contribution in [3.63, 3.8) is 0 Å². The van der Waals surface area contributed by atoms with Gasteiger partial charge in [0.1, 0.15) is 5.57 Å². The van der Waals surface area contributed by atoms with E-state index in [-0.39, 0.29) is 5.97 Å². The lowest BCUT2D eigenvalue weighted by Gasteiger charge is -2.20. The molecule has 0 saturated carbocycles. The lowest BCUT2D eigenvalue weighted by Crippen LogP contribution is -2.19. The monoisotopic (exact) mass is 334 g/mol. The van der Waals surface area contributed by atoms with Crippen LogP contribution in [-0.2, 0) is 9.53 Å². The number of halogens is 1. The summed E-state index contributed by atoms with van der Waals surface area (Å²) in [5, 5.41) is 3.13. The molecule has 1 aliphatic rings. The molecule has 1 aromatic rings. The molecule has 2 rings (SSSR count). The first kappa shape index (κ1) is 14.5. The second-order valence-electron chi connectivity index (χ2n) is 4.08. The molecule has 0 radical (unpaired) electrons. The van der Waals surface area contributed by atoms with Crippen LogP contribution < -0.4 is 5.32 Å². The Morgan fingerprint density at radius 1 is 1.40 bits per heavy atom. The molecule has 5 heteroatoms. The molecule has 0 atom stereocenters. The molecule has 0 aliphatic carbocycles. The standard InChI is InChI=1S/C15H15BrN2O2/c1-3-20-15(19)12(8-17-2)14-11-7-5-4-6-10(11)13(16)9-18-14/h4-9,18H,3H2,1-2H3/b14-12-,17-8-. The van der Waals surface area contributed by atoms with Crippen LogP contribution in [0.25, 0.3) is 10.2 Å². The highest BCUT2D eigenvalue weighted by Crippen LogP contribution is 2.33. The highest BCUT2D eigenvalue weighted by Gasteiger charge is 2.21. The first-order chi connectivity index (χ1) is 9.69.